The molecule has 0 unspecified atom stereocenters. The van der Waals surface area contributed by atoms with Gasteiger partial charge in [0.15, 0.2) is 5.78 Å². The van der Waals surface area contributed by atoms with Gasteiger partial charge in [-0.2, -0.15) is 0 Å². The van der Waals surface area contributed by atoms with Gasteiger partial charge in [0.2, 0.25) is 0 Å². The number of ketones is 1. The van der Waals surface area contributed by atoms with Gasteiger partial charge in [0, 0.05) is 20.9 Å². The molecule has 0 radical (unpaired) electrons. The van der Waals surface area contributed by atoms with E-state index in [2.05, 4.69) is 31.9 Å². The van der Waals surface area contributed by atoms with Crippen LogP contribution < -0.4 is 0 Å². The van der Waals surface area contributed by atoms with Gasteiger partial charge < -0.3 is 0 Å². The lowest BCUT2D eigenvalue weighted by atomic mass is 10.0. The summed E-state index contributed by atoms with van der Waals surface area (Å²) in [6.45, 7) is 0. The summed E-state index contributed by atoms with van der Waals surface area (Å²) in [4.78, 5) is 12.1. The molecule has 2 aromatic carbocycles. The first-order chi connectivity index (χ1) is 8.58. The number of Topliss-reactive ketones (excluding diaryl/α,β-unsaturated/α-hetero) is 1. The average molecular weight is 372 g/mol. The number of halogens is 3. The summed E-state index contributed by atoms with van der Waals surface area (Å²) in [6.07, 6.45) is 0.0573. The lowest BCUT2D eigenvalue weighted by Gasteiger charge is -2.05. The van der Waals surface area contributed by atoms with Crippen LogP contribution in [-0.4, -0.2) is 5.78 Å². The van der Waals surface area contributed by atoms with E-state index in [1.165, 1.54) is 6.07 Å². The van der Waals surface area contributed by atoms with Crippen molar-refractivity contribution in [3.63, 3.8) is 0 Å². The molecular weight excluding hydrogens is 363 g/mol. The summed E-state index contributed by atoms with van der Waals surface area (Å²) in [5.41, 5.74) is 0.971. The van der Waals surface area contributed by atoms with Gasteiger partial charge in [0.1, 0.15) is 5.82 Å². The van der Waals surface area contributed by atoms with Gasteiger partial charge >= 0.3 is 0 Å². The smallest absolute Gasteiger partial charge is 0.168 e. The van der Waals surface area contributed by atoms with E-state index in [1.807, 2.05) is 6.07 Å². The highest BCUT2D eigenvalue weighted by Gasteiger charge is 2.12. The number of hydrogen-bond donors (Lipinski definition) is 0. The molecule has 0 spiro atoms. The Bertz CT molecular complexity index is 596. The monoisotopic (exact) mass is 370 g/mol. The second kappa shape index (κ2) is 5.76. The standard InChI is InChI=1S/C14H9Br2FO/c15-10-6-5-9(13(17)8-10)7-14(18)11-3-1-2-4-12(11)16/h1-6,8H,7H2. The number of benzene rings is 2. The third-order valence-electron chi connectivity index (χ3n) is 2.54. The summed E-state index contributed by atoms with van der Waals surface area (Å²) in [5.74, 6) is -0.478. The number of carbonyl (C=O) groups is 1. The fourth-order valence-corrected chi connectivity index (χ4v) is 2.46. The van der Waals surface area contributed by atoms with Crippen LogP contribution in [0.1, 0.15) is 15.9 Å². The number of carbonyl (C=O) groups excluding carboxylic acids is 1. The van der Waals surface area contributed by atoms with Gasteiger partial charge in [-0.3, -0.25) is 4.79 Å². The van der Waals surface area contributed by atoms with E-state index >= 15 is 0 Å². The number of hydrogen-bond acceptors (Lipinski definition) is 1. The van der Waals surface area contributed by atoms with Crippen LogP contribution in [0, 0.1) is 5.82 Å². The van der Waals surface area contributed by atoms with Gasteiger partial charge in [0.25, 0.3) is 0 Å². The highest BCUT2D eigenvalue weighted by Crippen LogP contribution is 2.20. The molecule has 0 saturated carbocycles. The zero-order chi connectivity index (χ0) is 13.1. The van der Waals surface area contributed by atoms with E-state index in [0.717, 1.165) is 4.47 Å². The molecule has 0 fully saturated rings. The minimum absolute atomic E-state index is 0.0573. The first kappa shape index (κ1) is 13.4. The Kier molecular flexibility index (Phi) is 4.30. The molecule has 0 aromatic heterocycles. The van der Waals surface area contributed by atoms with Gasteiger partial charge in [-0.25, -0.2) is 4.39 Å². The van der Waals surface area contributed by atoms with Gasteiger partial charge in [-0.15, -0.1) is 0 Å². The normalized spacial score (nSPS) is 10.4. The topological polar surface area (TPSA) is 17.1 Å². The lowest BCUT2D eigenvalue weighted by Crippen LogP contribution is -2.06. The molecule has 2 rings (SSSR count). The molecule has 0 aliphatic rings. The maximum absolute atomic E-state index is 13.6. The predicted molar refractivity (Wildman–Crippen MR) is 76.3 cm³/mol. The summed E-state index contributed by atoms with van der Waals surface area (Å²) in [7, 11) is 0. The first-order valence-corrected chi connectivity index (χ1v) is 6.88. The molecule has 0 atom stereocenters. The second-order valence-corrected chi connectivity index (χ2v) is 5.59. The molecule has 0 heterocycles. The van der Waals surface area contributed by atoms with Gasteiger partial charge in [0.05, 0.1) is 0 Å². The fourth-order valence-electron chi connectivity index (χ4n) is 1.62. The third-order valence-corrected chi connectivity index (χ3v) is 3.73. The molecule has 2 aromatic rings. The molecular formula is C14H9Br2FO. The highest BCUT2D eigenvalue weighted by atomic mass is 79.9. The van der Waals surface area contributed by atoms with Crippen LogP contribution >= 0.6 is 31.9 Å². The quantitative estimate of drug-likeness (QED) is 0.710. The Morgan fingerprint density at radius 2 is 1.83 bits per heavy atom. The Labute approximate surface area is 121 Å². The molecule has 0 aliphatic carbocycles. The number of rotatable bonds is 3. The van der Waals surface area contributed by atoms with Crippen LogP contribution in [0.5, 0.6) is 0 Å². The van der Waals surface area contributed by atoms with Crippen LogP contribution in [0.2, 0.25) is 0 Å². The van der Waals surface area contributed by atoms with Crippen LogP contribution in [0.4, 0.5) is 4.39 Å². The Hall–Kier alpha value is -1.00. The fraction of sp³-hybridized carbons (Fsp3) is 0.0714. The Morgan fingerprint density at radius 1 is 1.11 bits per heavy atom. The lowest BCUT2D eigenvalue weighted by molar-refractivity contribution is 0.0991. The van der Waals surface area contributed by atoms with Crippen LogP contribution in [0.25, 0.3) is 0 Å². The summed E-state index contributed by atoms with van der Waals surface area (Å²) >= 11 is 6.50. The first-order valence-electron chi connectivity index (χ1n) is 5.29. The minimum atomic E-state index is -0.371. The maximum atomic E-state index is 13.6. The molecule has 1 nitrogen and oxygen atoms in total. The van der Waals surface area contributed by atoms with E-state index < -0.39 is 0 Å². The maximum Gasteiger partial charge on any atom is 0.168 e. The third kappa shape index (κ3) is 3.06. The van der Waals surface area contributed by atoms with Crippen molar-refractivity contribution in [1.29, 1.82) is 0 Å². The molecule has 18 heavy (non-hydrogen) atoms. The van der Waals surface area contributed by atoms with Crippen molar-refractivity contribution in [3.8, 4) is 0 Å². The van der Waals surface area contributed by atoms with Crippen LogP contribution in [0.3, 0.4) is 0 Å². The van der Waals surface area contributed by atoms with Crippen molar-refractivity contribution in [2.45, 2.75) is 6.42 Å². The van der Waals surface area contributed by atoms with E-state index in [9.17, 15) is 9.18 Å². The molecule has 0 amide bonds. The summed E-state index contributed by atoms with van der Waals surface area (Å²) in [6, 6.07) is 11.9. The van der Waals surface area contributed by atoms with E-state index in [0.29, 0.717) is 15.6 Å². The minimum Gasteiger partial charge on any atom is -0.294 e. The van der Waals surface area contributed by atoms with Crippen molar-refractivity contribution in [2.24, 2.45) is 0 Å². The molecule has 0 bridgehead atoms. The largest absolute Gasteiger partial charge is 0.294 e. The zero-order valence-electron chi connectivity index (χ0n) is 9.29. The highest BCUT2D eigenvalue weighted by molar-refractivity contribution is 9.10. The van der Waals surface area contributed by atoms with Gasteiger partial charge in [-0.1, -0.05) is 56.1 Å². The molecule has 0 N–H and O–H groups in total. The summed E-state index contributed by atoms with van der Waals surface area (Å²) in [5, 5.41) is 0. The van der Waals surface area contributed by atoms with Crippen LogP contribution in [0.15, 0.2) is 51.4 Å². The molecule has 0 saturated heterocycles. The molecule has 92 valence electrons. The predicted octanol–water partition coefficient (Wildman–Crippen LogP) is 4.78. The Balaban J connectivity index is 2.24. The van der Waals surface area contributed by atoms with Crippen molar-refractivity contribution in [2.75, 3.05) is 0 Å². The van der Waals surface area contributed by atoms with Crippen molar-refractivity contribution >= 4 is 37.6 Å². The van der Waals surface area contributed by atoms with Crippen molar-refractivity contribution in [3.05, 3.63) is 68.4 Å². The van der Waals surface area contributed by atoms with E-state index in [1.54, 1.807) is 30.3 Å². The SMILES string of the molecule is O=C(Cc1ccc(Br)cc1F)c1ccccc1Br. The van der Waals surface area contributed by atoms with E-state index in [4.69, 9.17) is 0 Å². The molecule has 0 aliphatic heterocycles. The average Bonchev–Trinajstić information content (AvgIpc) is 2.33. The van der Waals surface area contributed by atoms with Crippen molar-refractivity contribution in [1.82, 2.24) is 0 Å². The Morgan fingerprint density at radius 3 is 2.50 bits per heavy atom. The zero-order valence-corrected chi connectivity index (χ0v) is 12.5. The van der Waals surface area contributed by atoms with E-state index in [-0.39, 0.29) is 18.0 Å². The second-order valence-electron chi connectivity index (χ2n) is 3.82. The van der Waals surface area contributed by atoms with Crippen molar-refractivity contribution < 1.29 is 9.18 Å². The van der Waals surface area contributed by atoms with Gasteiger partial charge in [-0.05, 0) is 23.8 Å². The summed E-state index contributed by atoms with van der Waals surface area (Å²) < 4.78 is 15.0. The van der Waals surface area contributed by atoms with Crippen LogP contribution in [-0.2, 0) is 6.42 Å². The molecule has 4 heteroatoms.